The first kappa shape index (κ1) is 9.21. The van der Waals surface area contributed by atoms with Gasteiger partial charge in [0.2, 0.25) is 0 Å². The molecule has 2 aromatic rings. The summed E-state index contributed by atoms with van der Waals surface area (Å²) in [6.45, 7) is 0. The third kappa shape index (κ3) is 1.77. The second-order valence-electron chi connectivity index (χ2n) is 3.15. The summed E-state index contributed by atoms with van der Waals surface area (Å²) in [5, 5.41) is 11.8. The summed E-state index contributed by atoms with van der Waals surface area (Å²) < 4.78 is 1.23. The molecule has 72 valence electrons. The molecule has 0 aliphatic heterocycles. The van der Waals surface area contributed by atoms with Crippen LogP contribution in [0.2, 0.25) is 0 Å². The van der Waals surface area contributed by atoms with Gasteiger partial charge >= 0.3 is 5.97 Å². The molecule has 0 aliphatic carbocycles. The van der Waals surface area contributed by atoms with Crippen molar-refractivity contribution in [2.75, 3.05) is 0 Å². The quantitative estimate of drug-likeness (QED) is 0.838. The number of benzene rings is 1. The molecule has 0 atom stereocenters. The molecule has 2 rings (SSSR count). The molecule has 1 aromatic carbocycles. The van der Waals surface area contributed by atoms with Gasteiger partial charge in [-0.3, -0.25) is 4.79 Å². The SMILES string of the molecule is O=C(O)CCc1csc2ccccc12. The van der Waals surface area contributed by atoms with Crippen LogP contribution < -0.4 is 0 Å². The maximum absolute atomic E-state index is 10.4. The Balaban J connectivity index is 2.29. The fourth-order valence-corrected chi connectivity index (χ4v) is 2.47. The zero-order chi connectivity index (χ0) is 9.97. The molecule has 0 spiro atoms. The van der Waals surface area contributed by atoms with Gasteiger partial charge in [0.15, 0.2) is 0 Å². The maximum Gasteiger partial charge on any atom is 0.303 e. The molecule has 1 aromatic heterocycles. The van der Waals surface area contributed by atoms with Gasteiger partial charge in [0.25, 0.3) is 0 Å². The first-order valence-corrected chi connectivity index (χ1v) is 5.32. The van der Waals surface area contributed by atoms with E-state index in [2.05, 4.69) is 6.07 Å². The van der Waals surface area contributed by atoms with E-state index in [0.717, 1.165) is 5.56 Å². The average Bonchev–Trinajstić information content (AvgIpc) is 2.58. The average molecular weight is 206 g/mol. The van der Waals surface area contributed by atoms with Crippen molar-refractivity contribution in [1.82, 2.24) is 0 Å². The minimum absolute atomic E-state index is 0.209. The predicted molar refractivity (Wildman–Crippen MR) is 57.8 cm³/mol. The third-order valence-corrected chi connectivity index (χ3v) is 3.18. The Morgan fingerprint density at radius 1 is 1.36 bits per heavy atom. The van der Waals surface area contributed by atoms with Crippen molar-refractivity contribution >= 4 is 27.4 Å². The van der Waals surface area contributed by atoms with Crippen LogP contribution in [0.5, 0.6) is 0 Å². The second kappa shape index (κ2) is 3.80. The molecule has 2 nitrogen and oxygen atoms in total. The number of aliphatic carboxylic acids is 1. The van der Waals surface area contributed by atoms with Crippen LogP contribution in [0.4, 0.5) is 0 Å². The minimum Gasteiger partial charge on any atom is -0.481 e. The normalized spacial score (nSPS) is 10.6. The summed E-state index contributed by atoms with van der Waals surface area (Å²) >= 11 is 1.67. The van der Waals surface area contributed by atoms with E-state index in [9.17, 15) is 4.79 Å². The largest absolute Gasteiger partial charge is 0.481 e. The van der Waals surface area contributed by atoms with E-state index in [1.807, 2.05) is 23.6 Å². The molecule has 0 unspecified atom stereocenters. The summed E-state index contributed by atoms with van der Waals surface area (Å²) in [4.78, 5) is 10.4. The summed E-state index contributed by atoms with van der Waals surface area (Å²) in [6, 6.07) is 8.09. The van der Waals surface area contributed by atoms with Crippen LogP contribution in [0.3, 0.4) is 0 Å². The van der Waals surface area contributed by atoms with E-state index in [-0.39, 0.29) is 6.42 Å². The maximum atomic E-state index is 10.4. The van der Waals surface area contributed by atoms with Gasteiger partial charge in [-0.05, 0) is 28.8 Å². The van der Waals surface area contributed by atoms with Crippen LogP contribution in [-0.4, -0.2) is 11.1 Å². The van der Waals surface area contributed by atoms with Gasteiger partial charge in [-0.15, -0.1) is 11.3 Å². The molecule has 0 aliphatic rings. The molecule has 14 heavy (non-hydrogen) atoms. The van der Waals surface area contributed by atoms with Crippen LogP contribution >= 0.6 is 11.3 Å². The van der Waals surface area contributed by atoms with Crippen LogP contribution in [0.25, 0.3) is 10.1 Å². The minimum atomic E-state index is -0.736. The van der Waals surface area contributed by atoms with Crippen LogP contribution in [0.1, 0.15) is 12.0 Å². The number of carboxylic acids is 1. The van der Waals surface area contributed by atoms with Crippen LogP contribution in [-0.2, 0) is 11.2 Å². The van der Waals surface area contributed by atoms with E-state index < -0.39 is 5.97 Å². The smallest absolute Gasteiger partial charge is 0.303 e. The van der Waals surface area contributed by atoms with Gasteiger partial charge in [-0.2, -0.15) is 0 Å². The lowest BCUT2D eigenvalue weighted by atomic mass is 10.1. The number of thiophene rings is 1. The Hall–Kier alpha value is -1.35. The number of fused-ring (bicyclic) bond motifs is 1. The van der Waals surface area contributed by atoms with Crippen molar-refractivity contribution in [3.63, 3.8) is 0 Å². The number of rotatable bonds is 3. The number of carboxylic acid groups (broad SMARTS) is 1. The number of hydrogen-bond acceptors (Lipinski definition) is 2. The predicted octanol–water partition coefficient (Wildman–Crippen LogP) is 2.92. The van der Waals surface area contributed by atoms with Crippen LogP contribution in [0, 0.1) is 0 Å². The zero-order valence-electron chi connectivity index (χ0n) is 7.56. The molecular formula is C11H10O2S. The van der Waals surface area contributed by atoms with Crippen LogP contribution in [0.15, 0.2) is 29.6 Å². The number of carbonyl (C=O) groups is 1. The Labute approximate surface area is 85.8 Å². The molecule has 3 heteroatoms. The fraction of sp³-hybridized carbons (Fsp3) is 0.182. The summed E-state index contributed by atoms with van der Waals surface area (Å²) in [6.07, 6.45) is 0.833. The molecule has 0 radical (unpaired) electrons. The molecule has 0 amide bonds. The van der Waals surface area contributed by atoms with Crippen molar-refractivity contribution in [2.24, 2.45) is 0 Å². The molecule has 0 saturated carbocycles. The van der Waals surface area contributed by atoms with Crippen molar-refractivity contribution in [1.29, 1.82) is 0 Å². The highest BCUT2D eigenvalue weighted by Gasteiger charge is 2.04. The molecule has 0 fully saturated rings. The lowest BCUT2D eigenvalue weighted by Gasteiger charge is -1.95. The van der Waals surface area contributed by atoms with Gasteiger partial charge in [0.05, 0.1) is 0 Å². The van der Waals surface area contributed by atoms with Crippen molar-refractivity contribution in [3.8, 4) is 0 Å². The molecular weight excluding hydrogens is 196 g/mol. The van der Waals surface area contributed by atoms with Gasteiger partial charge in [0.1, 0.15) is 0 Å². The Kier molecular flexibility index (Phi) is 2.50. The first-order valence-electron chi connectivity index (χ1n) is 4.44. The summed E-state index contributed by atoms with van der Waals surface area (Å²) in [7, 11) is 0. The van der Waals surface area contributed by atoms with Gasteiger partial charge in [-0.1, -0.05) is 18.2 Å². The van der Waals surface area contributed by atoms with Crippen molar-refractivity contribution in [2.45, 2.75) is 12.8 Å². The molecule has 0 bridgehead atoms. The first-order chi connectivity index (χ1) is 6.77. The van der Waals surface area contributed by atoms with E-state index >= 15 is 0 Å². The zero-order valence-corrected chi connectivity index (χ0v) is 8.38. The van der Waals surface area contributed by atoms with E-state index in [0.29, 0.717) is 6.42 Å². The Morgan fingerprint density at radius 3 is 2.93 bits per heavy atom. The van der Waals surface area contributed by atoms with E-state index in [1.165, 1.54) is 10.1 Å². The highest BCUT2D eigenvalue weighted by atomic mass is 32.1. The standard InChI is InChI=1S/C11H10O2S/c12-11(13)6-5-8-7-14-10-4-2-1-3-9(8)10/h1-4,7H,5-6H2,(H,12,13). The van der Waals surface area contributed by atoms with Crippen molar-refractivity contribution < 1.29 is 9.90 Å². The van der Waals surface area contributed by atoms with Gasteiger partial charge < -0.3 is 5.11 Å². The monoisotopic (exact) mass is 206 g/mol. The highest BCUT2D eigenvalue weighted by molar-refractivity contribution is 7.17. The van der Waals surface area contributed by atoms with Gasteiger partial charge in [0, 0.05) is 11.1 Å². The third-order valence-electron chi connectivity index (χ3n) is 2.17. The number of aryl methyl sites for hydroxylation is 1. The van der Waals surface area contributed by atoms with Gasteiger partial charge in [-0.25, -0.2) is 0 Å². The second-order valence-corrected chi connectivity index (χ2v) is 4.06. The van der Waals surface area contributed by atoms with E-state index in [1.54, 1.807) is 11.3 Å². The highest BCUT2D eigenvalue weighted by Crippen LogP contribution is 2.26. The molecule has 1 heterocycles. The Morgan fingerprint density at radius 2 is 2.14 bits per heavy atom. The molecule has 0 saturated heterocycles. The fourth-order valence-electron chi connectivity index (χ4n) is 1.47. The summed E-state index contributed by atoms with van der Waals surface area (Å²) in [5.74, 6) is -0.736. The summed E-state index contributed by atoms with van der Waals surface area (Å²) in [5.41, 5.74) is 1.15. The lowest BCUT2D eigenvalue weighted by molar-refractivity contribution is -0.136. The topological polar surface area (TPSA) is 37.3 Å². The number of hydrogen-bond donors (Lipinski definition) is 1. The molecule has 1 N–H and O–H groups in total. The van der Waals surface area contributed by atoms with Crippen molar-refractivity contribution in [3.05, 3.63) is 35.2 Å². The Bertz CT molecular complexity index is 459. The lowest BCUT2D eigenvalue weighted by Crippen LogP contribution is -1.96. The van der Waals surface area contributed by atoms with E-state index in [4.69, 9.17) is 5.11 Å².